The van der Waals surface area contributed by atoms with Crippen LogP contribution in [0.2, 0.25) is 0 Å². The summed E-state index contributed by atoms with van der Waals surface area (Å²) in [7, 11) is 0. The van der Waals surface area contributed by atoms with Crippen molar-refractivity contribution in [3.63, 3.8) is 0 Å². The Morgan fingerprint density at radius 2 is 2.20 bits per heavy atom. The molecule has 0 radical (unpaired) electrons. The quantitative estimate of drug-likeness (QED) is 0.787. The van der Waals surface area contributed by atoms with E-state index in [1.54, 1.807) is 0 Å². The maximum absolute atomic E-state index is 8.85. The summed E-state index contributed by atoms with van der Waals surface area (Å²) in [5.74, 6) is 0.913. The standard InChI is InChI=1S/C13H16BrN/c1-3-10(2)13(7-8-15)11-5-4-6-12(14)9-11/h4-6,9-10,13H,3,7H2,1-2H3. The molecule has 80 valence electrons. The number of halogens is 1. The van der Waals surface area contributed by atoms with Crippen molar-refractivity contribution in [1.82, 2.24) is 0 Å². The third-order valence-corrected chi connectivity index (χ3v) is 3.41. The molecule has 0 amide bonds. The Morgan fingerprint density at radius 1 is 1.47 bits per heavy atom. The molecule has 1 rings (SSSR count). The molecule has 0 N–H and O–H groups in total. The Morgan fingerprint density at radius 3 is 2.73 bits per heavy atom. The van der Waals surface area contributed by atoms with Gasteiger partial charge in [0.15, 0.2) is 0 Å². The summed E-state index contributed by atoms with van der Waals surface area (Å²) in [6.45, 7) is 4.38. The fraction of sp³-hybridized carbons (Fsp3) is 0.462. The second-order valence-corrected chi connectivity index (χ2v) is 4.82. The summed E-state index contributed by atoms with van der Waals surface area (Å²) < 4.78 is 1.09. The summed E-state index contributed by atoms with van der Waals surface area (Å²) >= 11 is 3.47. The van der Waals surface area contributed by atoms with Gasteiger partial charge in [-0.15, -0.1) is 0 Å². The number of benzene rings is 1. The molecule has 0 heterocycles. The molecule has 2 atom stereocenters. The van der Waals surface area contributed by atoms with E-state index in [0.29, 0.717) is 18.3 Å². The fourth-order valence-electron chi connectivity index (χ4n) is 1.77. The third-order valence-electron chi connectivity index (χ3n) is 2.92. The maximum atomic E-state index is 8.85. The monoisotopic (exact) mass is 265 g/mol. The number of hydrogen-bond acceptors (Lipinski definition) is 1. The highest BCUT2D eigenvalue weighted by molar-refractivity contribution is 9.10. The smallest absolute Gasteiger partial charge is 0.0628 e. The molecule has 0 spiro atoms. The Labute approximate surface area is 100 Å². The van der Waals surface area contributed by atoms with E-state index >= 15 is 0 Å². The Hall–Kier alpha value is -0.810. The Bertz CT molecular complexity index is 354. The summed E-state index contributed by atoms with van der Waals surface area (Å²) in [5.41, 5.74) is 1.26. The molecule has 1 nitrogen and oxygen atoms in total. The summed E-state index contributed by atoms with van der Waals surface area (Å²) in [6.07, 6.45) is 1.71. The van der Waals surface area contributed by atoms with Gasteiger partial charge in [0.2, 0.25) is 0 Å². The summed E-state index contributed by atoms with van der Waals surface area (Å²) in [5, 5.41) is 8.85. The SMILES string of the molecule is CCC(C)C(CC#N)c1cccc(Br)c1. The van der Waals surface area contributed by atoms with Gasteiger partial charge in [0, 0.05) is 10.9 Å². The molecule has 0 aliphatic rings. The topological polar surface area (TPSA) is 23.8 Å². The van der Waals surface area contributed by atoms with Gasteiger partial charge in [-0.1, -0.05) is 48.3 Å². The second-order valence-electron chi connectivity index (χ2n) is 3.91. The van der Waals surface area contributed by atoms with E-state index in [1.807, 2.05) is 12.1 Å². The minimum Gasteiger partial charge on any atom is -0.198 e. The highest BCUT2D eigenvalue weighted by Crippen LogP contribution is 2.31. The zero-order chi connectivity index (χ0) is 11.3. The normalized spacial score (nSPS) is 14.3. The average Bonchev–Trinajstić information content (AvgIpc) is 2.25. The molecule has 0 saturated heterocycles. The molecule has 0 aliphatic carbocycles. The van der Waals surface area contributed by atoms with Crippen LogP contribution in [0.1, 0.15) is 38.2 Å². The van der Waals surface area contributed by atoms with E-state index < -0.39 is 0 Å². The lowest BCUT2D eigenvalue weighted by atomic mass is 9.84. The van der Waals surface area contributed by atoms with Gasteiger partial charge in [-0.2, -0.15) is 5.26 Å². The highest BCUT2D eigenvalue weighted by Gasteiger charge is 2.17. The van der Waals surface area contributed by atoms with Crippen LogP contribution in [-0.4, -0.2) is 0 Å². The number of rotatable bonds is 4. The molecule has 0 fully saturated rings. The van der Waals surface area contributed by atoms with E-state index in [2.05, 4.69) is 48.0 Å². The van der Waals surface area contributed by atoms with E-state index in [9.17, 15) is 0 Å². The number of hydrogen-bond donors (Lipinski definition) is 0. The molecule has 0 saturated carbocycles. The summed E-state index contributed by atoms with van der Waals surface area (Å²) in [4.78, 5) is 0. The maximum Gasteiger partial charge on any atom is 0.0628 e. The zero-order valence-corrected chi connectivity index (χ0v) is 10.8. The van der Waals surface area contributed by atoms with Gasteiger partial charge in [-0.25, -0.2) is 0 Å². The van der Waals surface area contributed by atoms with Crippen molar-refractivity contribution in [3.05, 3.63) is 34.3 Å². The van der Waals surface area contributed by atoms with E-state index in [0.717, 1.165) is 10.9 Å². The van der Waals surface area contributed by atoms with Crippen molar-refractivity contribution >= 4 is 15.9 Å². The van der Waals surface area contributed by atoms with E-state index in [4.69, 9.17) is 5.26 Å². The van der Waals surface area contributed by atoms with Gasteiger partial charge in [0.25, 0.3) is 0 Å². The van der Waals surface area contributed by atoms with Gasteiger partial charge in [0.05, 0.1) is 6.07 Å². The van der Waals surface area contributed by atoms with Crippen LogP contribution in [0.5, 0.6) is 0 Å². The zero-order valence-electron chi connectivity index (χ0n) is 9.20. The van der Waals surface area contributed by atoms with Gasteiger partial charge < -0.3 is 0 Å². The van der Waals surface area contributed by atoms with Crippen LogP contribution in [0, 0.1) is 17.2 Å². The predicted octanol–water partition coefficient (Wildman–Crippen LogP) is 4.49. The van der Waals surface area contributed by atoms with Gasteiger partial charge in [-0.3, -0.25) is 0 Å². The van der Waals surface area contributed by atoms with E-state index in [1.165, 1.54) is 5.56 Å². The molecule has 0 aliphatic heterocycles. The average molecular weight is 266 g/mol. The molecular formula is C13H16BrN. The van der Waals surface area contributed by atoms with Crippen LogP contribution < -0.4 is 0 Å². The lowest BCUT2D eigenvalue weighted by Gasteiger charge is -2.20. The Balaban J connectivity index is 2.94. The molecule has 1 aromatic carbocycles. The minimum atomic E-state index is 0.359. The number of nitriles is 1. The van der Waals surface area contributed by atoms with Gasteiger partial charge >= 0.3 is 0 Å². The van der Waals surface area contributed by atoms with Crippen molar-refractivity contribution in [1.29, 1.82) is 5.26 Å². The highest BCUT2D eigenvalue weighted by atomic mass is 79.9. The van der Waals surface area contributed by atoms with Crippen molar-refractivity contribution in [3.8, 4) is 6.07 Å². The van der Waals surface area contributed by atoms with Crippen LogP contribution in [0.15, 0.2) is 28.7 Å². The lowest BCUT2D eigenvalue weighted by molar-refractivity contribution is 0.451. The molecule has 0 bridgehead atoms. The van der Waals surface area contributed by atoms with Crippen molar-refractivity contribution in [2.45, 2.75) is 32.6 Å². The Kier molecular flexibility index (Phi) is 4.84. The van der Waals surface area contributed by atoms with Crippen molar-refractivity contribution < 1.29 is 0 Å². The molecule has 15 heavy (non-hydrogen) atoms. The molecule has 2 heteroatoms. The van der Waals surface area contributed by atoms with Gasteiger partial charge in [-0.05, 0) is 29.5 Å². The molecule has 1 aromatic rings. The van der Waals surface area contributed by atoms with Crippen molar-refractivity contribution in [2.24, 2.45) is 5.92 Å². The first-order valence-electron chi connectivity index (χ1n) is 5.31. The first-order chi connectivity index (χ1) is 7.19. The predicted molar refractivity (Wildman–Crippen MR) is 66.6 cm³/mol. The van der Waals surface area contributed by atoms with Crippen molar-refractivity contribution in [2.75, 3.05) is 0 Å². The van der Waals surface area contributed by atoms with E-state index in [-0.39, 0.29) is 0 Å². The lowest BCUT2D eigenvalue weighted by Crippen LogP contribution is -2.08. The fourth-order valence-corrected chi connectivity index (χ4v) is 2.18. The van der Waals surface area contributed by atoms with Crippen LogP contribution in [-0.2, 0) is 0 Å². The van der Waals surface area contributed by atoms with Crippen LogP contribution >= 0.6 is 15.9 Å². The summed E-state index contributed by atoms with van der Waals surface area (Å²) in [6, 6.07) is 10.6. The van der Waals surface area contributed by atoms with Gasteiger partial charge in [0.1, 0.15) is 0 Å². The van der Waals surface area contributed by atoms with Crippen LogP contribution in [0.25, 0.3) is 0 Å². The van der Waals surface area contributed by atoms with Crippen LogP contribution in [0.3, 0.4) is 0 Å². The number of nitrogens with zero attached hydrogens (tertiary/aromatic N) is 1. The van der Waals surface area contributed by atoms with Crippen LogP contribution in [0.4, 0.5) is 0 Å². The molecular weight excluding hydrogens is 250 g/mol. The molecule has 2 unspecified atom stereocenters. The largest absolute Gasteiger partial charge is 0.198 e. The first-order valence-corrected chi connectivity index (χ1v) is 6.10. The first kappa shape index (κ1) is 12.3. The second kappa shape index (κ2) is 5.92. The molecule has 0 aromatic heterocycles. The minimum absolute atomic E-state index is 0.359. The third kappa shape index (κ3) is 3.35.